The van der Waals surface area contributed by atoms with Crippen LogP contribution in [-0.4, -0.2) is 28.6 Å². The van der Waals surface area contributed by atoms with Gasteiger partial charge in [-0.15, -0.1) is 0 Å². The average Bonchev–Trinajstić information content (AvgIpc) is 3.43. The molecule has 0 aliphatic heterocycles. The first-order valence-electron chi connectivity index (χ1n) is 10.8. The highest BCUT2D eigenvalue weighted by Gasteiger charge is 2.37. The molecule has 1 fully saturated rings. The van der Waals surface area contributed by atoms with Crippen LogP contribution in [0.2, 0.25) is 0 Å². The Kier molecular flexibility index (Phi) is 7.89. The van der Waals surface area contributed by atoms with Crippen LogP contribution in [0.5, 0.6) is 0 Å². The van der Waals surface area contributed by atoms with Crippen LogP contribution in [0.4, 0.5) is 0 Å². The lowest BCUT2D eigenvalue weighted by Gasteiger charge is -2.22. The highest BCUT2D eigenvalue weighted by atomic mass is 35.5. The van der Waals surface area contributed by atoms with Crippen LogP contribution in [-0.2, 0) is 20.9 Å². The second-order valence-corrected chi connectivity index (χ2v) is 9.37. The molecule has 0 bridgehead atoms. The van der Waals surface area contributed by atoms with Crippen molar-refractivity contribution in [1.29, 1.82) is 0 Å². The van der Waals surface area contributed by atoms with Crippen molar-refractivity contribution in [1.82, 2.24) is 5.16 Å². The highest BCUT2D eigenvalue weighted by Crippen LogP contribution is 2.46. The molecular formula is C24H30ClNO5. The summed E-state index contributed by atoms with van der Waals surface area (Å²) >= 11 is 5.71. The number of carbonyl (C=O) groups excluding carboxylic acids is 2. The van der Waals surface area contributed by atoms with Crippen molar-refractivity contribution in [2.24, 2.45) is 0 Å². The van der Waals surface area contributed by atoms with Crippen molar-refractivity contribution in [2.75, 3.05) is 6.61 Å². The second-order valence-electron chi connectivity index (χ2n) is 9.03. The van der Waals surface area contributed by atoms with Crippen molar-refractivity contribution < 1.29 is 23.6 Å². The van der Waals surface area contributed by atoms with E-state index < -0.39 is 10.8 Å². The standard InChI is InChI=1S/C24H30ClNO5/c1-24(2,3)30-19(27)14-18(10-7-13-29-15-16-8-5-4-6-9-16)21-20(17-11-12-17)22(23(25)28)31-26-21/h4-6,8-9,17-18H,7,10-15H2,1-3H3/t18-/m0/s1. The van der Waals surface area contributed by atoms with Gasteiger partial charge in [-0.2, -0.15) is 0 Å². The summed E-state index contributed by atoms with van der Waals surface area (Å²) in [6.07, 6.45) is 3.49. The molecule has 31 heavy (non-hydrogen) atoms. The van der Waals surface area contributed by atoms with E-state index in [2.05, 4.69) is 5.16 Å². The first-order valence-corrected chi connectivity index (χ1v) is 11.1. The van der Waals surface area contributed by atoms with E-state index in [1.165, 1.54) is 0 Å². The van der Waals surface area contributed by atoms with E-state index in [9.17, 15) is 9.59 Å². The van der Waals surface area contributed by atoms with Crippen LogP contribution in [0.15, 0.2) is 34.9 Å². The van der Waals surface area contributed by atoms with Gasteiger partial charge in [0.05, 0.1) is 18.7 Å². The van der Waals surface area contributed by atoms with Crippen molar-refractivity contribution >= 4 is 22.8 Å². The molecule has 0 saturated heterocycles. The zero-order chi connectivity index (χ0) is 22.4. The van der Waals surface area contributed by atoms with Gasteiger partial charge in [0, 0.05) is 18.1 Å². The molecule has 1 saturated carbocycles. The fraction of sp³-hybridized carbons (Fsp3) is 0.542. The molecule has 1 aliphatic carbocycles. The minimum absolute atomic E-state index is 0.105. The maximum Gasteiger partial charge on any atom is 0.306 e. The van der Waals surface area contributed by atoms with E-state index in [0.29, 0.717) is 25.3 Å². The molecule has 168 valence electrons. The minimum atomic E-state index is -0.650. The Hall–Kier alpha value is -2.18. The minimum Gasteiger partial charge on any atom is -0.460 e. The molecule has 1 aliphatic rings. The van der Waals surface area contributed by atoms with Crippen LogP contribution < -0.4 is 0 Å². The third-order valence-corrected chi connectivity index (χ3v) is 5.26. The fourth-order valence-corrected chi connectivity index (χ4v) is 3.76. The van der Waals surface area contributed by atoms with Gasteiger partial charge in [0.25, 0.3) is 5.24 Å². The van der Waals surface area contributed by atoms with E-state index in [1.54, 1.807) is 0 Å². The summed E-state index contributed by atoms with van der Waals surface area (Å²) in [7, 11) is 0. The van der Waals surface area contributed by atoms with Gasteiger partial charge in [0.2, 0.25) is 5.76 Å². The maximum atomic E-state index is 12.5. The van der Waals surface area contributed by atoms with E-state index in [0.717, 1.165) is 30.4 Å². The Bertz CT molecular complexity index is 883. The van der Waals surface area contributed by atoms with Crippen LogP contribution >= 0.6 is 11.6 Å². The molecule has 1 aromatic carbocycles. The molecule has 0 amide bonds. The second kappa shape index (κ2) is 10.4. The molecular weight excluding hydrogens is 418 g/mol. The number of hydrogen-bond donors (Lipinski definition) is 0. The van der Waals surface area contributed by atoms with Gasteiger partial charge in [0.1, 0.15) is 5.60 Å². The number of nitrogens with zero attached hydrogens (tertiary/aromatic N) is 1. The third-order valence-electron chi connectivity index (χ3n) is 5.09. The van der Waals surface area contributed by atoms with Gasteiger partial charge in [-0.1, -0.05) is 35.5 Å². The first kappa shape index (κ1) is 23.5. The number of esters is 1. The first-order chi connectivity index (χ1) is 14.7. The number of rotatable bonds is 11. The Labute approximate surface area is 188 Å². The summed E-state index contributed by atoms with van der Waals surface area (Å²) in [4.78, 5) is 24.3. The highest BCUT2D eigenvalue weighted by molar-refractivity contribution is 6.67. The number of hydrogen-bond acceptors (Lipinski definition) is 6. The Balaban J connectivity index is 1.67. The molecule has 0 radical (unpaired) electrons. The van der Waals surface area contributed by atoms with Crippen molar-refractivity contribution in [3.8, 4) is 0 Å². The van der Waals surface area contributed by atoms with E-state index in [1.807, 2.05) is 51.1 Å². The quantitative estimate of drug-likeness (QED) is 0.248. The van der Waals surface area contributed by atoms with Crippen molar-refractivity contribution in [3.05, 3.63) is 52.9 Å². The lowest BCUT2D eigenvalue weighted by atomic mass is 9.91. The summed E-state index contributed by atoms with van der Waals surface area (Å²) in [6, 6.07) is 9.98. The van der Waals surface area contributed by atoms with E-state index in [4.69, 9.17) is 25.6 Å². The maximum absolute atomic E-state index is 12.5. The van der Waals surface area contributed by atoms with Gasteiger partial charge in [-0.3, -0.25) is 9.59 Å². The van der Waals surface area contributed by atoms with Gasteiger partial charge in [-0.25, -0.2) is 0 Å². The Morgan fingerprint density at radius 1 is 1.23 bits per heavy atom. The van der Waals surface area contributed by atoms with Crippen LogP contribution in [0, 0.1) is 0 Å². The molecule has 1 aromatic heterocycles. The largest absolute Gasteiger partial charge is 0.460 e. The van der Waals surface area contributed by atoms with Crippen LogP contribution in [0.1, 0.15) is 92.1 Å². The monoisotopic (exact) mass is 447 g/mol. The van der Waals surface area contributed by atoms with E-state index in [-0.39, 0.29) is 30.0 Å². The van der Waals surface area contributed by atoms with Gasteiger partial charge >= 0.3 is 5.97 Å². The summed E-state index contributed by atoms with van der Waals surface area (Å²) in [6.45, 7) is 6.62. The zero-order valence-corrected chi connectivity index (χ0v) is 19.1. The lowest BCUT2D eigenvalue weighted by Crippen LogP contribution is -2.25. The molecule has 7 heteroatoms. The molecule has 3 rings (SSSR count). The molecule has 1 atom stereocenters. The smallest absolute Gasteiger partial charge is 0.306 e. The molecule has 1 heterocycles. The number of ether oxygens (including phenoxy) is 2. The number of carbonyl (C=O) groups is 2. The van der Waals surface area contributed by atoms with Crippen molar-refractivity contribution in [3.63, 3.8) is 0 Å². The zero-order valence-electron chi connectivity index (χ0n) is 18.4. The van der Waals surface area contributed by atoms with E-state index >= 15 is 0 Å². The molecule has 6 nitrogen and oxygen atoms in total. The predicted molar refractivity (Wildman–Crippen MR) is 117 cm³/mol. The topological polar surface area (TPSA) is 78.6 Å². The average molecular weight is 448 g/mol. The summed E-state index contributed by atoms with van der Waals surface area (Å²) in [5.41, 5.74) is 1.96. The number of aromatic nitrogens is 1. The normalized spacial score (nSPS) is 15.0. The number of benzene rings is 1. The Morgan fingerprint density at radius 2 is 1.94 bits per heavy atom. The van der Waals surface area contributed by atoms with Crippen LogP contribution in [0.3, 0.4) is 0 Å². The van der Waals surface area contributed by atoms with Crippen LogP contribution in [0.25, 0.3) is 0 Å². The van der Waals surface area contributed by atoms with Gasteiger partial charge in [-0.05, 0) is 69.5 Å². The SMILES string of the molecule is CC(C)(C)OC(=O)C[C@H](CCCOCc1ccccc1)c1noc(C(=O)Cl)c1C1CC1. The molecule has 2 aromatic rings. The Morgan fingerprint density at radius 3 is 2.55 bits per heavy atom. The third kappa shape index (κ3) is 7.18. The van der Waals surface area contributed by atoms with Gasteiger partial charge in [0.15, 0.2) is 0 Å². The summed E-state index contributed by atoms with van der Waals surface area (Å²) < 4.78 is 16.6. The molecule has 0 unspecified atom stereocenters. The molecule has 0 N–H and O–H groups in total. The fourth-order valence-electron chi connectivity index (χ4n) is 3.63. The molecule has 0 spiro atoms. The predicted octanol–water partition coefficient (Wildman–Crippen LogP) is 5.74. The van der Waals surface area contributed by atoms with Gasteiger partial charge < -0.3 is 14.0 Å². The summed E-state index contributed by atoms with van der Waals surface area (Å²) in [5, 5.41) is 3.52. The summed E-state index contributed by atoms with van der Waals surface area (Å²) in [5.74, 6) is -0.200. The number of halogens is 1. The van der Waals surface area contributed by atoms with Crippen molar-refractivity contribution in [2.45, 2.75) is 76.9 Å². The lowest BCUT2D eigenvalue weighted by molar-refractivity contribution is -0.155.